The highest BCUT2D eigenvalue weighted by Crippen LogP contribution is 2.42. The van der Waals surface area contributed by atoms with E-state index in [9.17, 15) is 10.1 Å². The minimum Gasteiger partial charge on any atom is -0.463 e. The number of hydrogen-bond acceptors (Lipinski definition) is 6. The summed E-state index contributed by atoms with van der Waals surface area (Å²) in [6.45, 7) is 3.88. The van der Waals surface area contributed by atoms with E-state index in [-0.39, 0.29) is 40.4 Å². The normalized spacial score (nSPS) is 16.6. The first-order valence-corrected chi connectivity index (χ1v) is 9.99. The van der Waals surface area contributed by atoms with Crippen LogP contribution in [-0.4, -0.2) is 23.4 Å². The molecular weight excluding hydrogens is 413 g/mol. The van der Waals surface area contributed by atoms with Crippen molar-refractivity contribution in [1.29, 1.82) is 5.26 Å². The number of pyridine rings is 1. The van der Waals surface area contributed by atoms with Gasteiger partial charge in [-0.1, -0.05) is 24.6 Å². The molecule has 2 N–H and O–H groups in total. The first kappa shape index (κ1) is 21.0. The Morgan fingerprint density at radius 1 is 1.38 bits per heavy atom. The van der Waals surface area contributed by atoms with E-state index in [1.54, 1.807) is 6.92 Å². The van der Waals surface area contributed by atoms with Gasteiger partial charge in [0.2, 0.25) is 5.88 Å². The summed E-state index contributed by atoms with van der Waals surface area (Å²) >= 11 is 12.5. The summed E-state index contributed by atoms with van der Waals surface area (Å²) in [7, 11) is 0. The van der Waals surface area contributed by atoms with Gasteiger partial charge in [0.1, 0.15) is 22.6 Å². The van der Waals surface area contributed by atoms with Crippen molar-refractivity contribution in [1.82, 2.24) is 4.98 Å². The number of carbonyl (C=O) groups excluding carboxylic acids is 1. The van der Waals surface area contributed by atoms with Gasteiger partial charge in [-0.25, -0.2) is 9.78 Å². The van der Waals surface area contributed by atoms with E-state index in [0.29, 0.717) is 11.1 Å². The number of benzene rings is 1. The second-order valence-corrected chi connectivity index (χ2v) is 6.99. The number of rotatable bonds is 5. The van der Waals surface area contributed by atoms with Crippen LogP contribution in [0.25, 0.3) is 10.9 Å². The molecule has 3 rings (SSSR count). The van der Waals surface area contributed by atoms with Crippen LogP contribution in [-0.2, 0) is 20.7 Å². The lowest BCUT2D eigenvalue weighted by Crippen LogP contribution is -2.27. The lowest BCUT2D eigenvalue weighted by Gasteiger charge is -2.27. The van der Waals surface area contributed by atoms with E-state index < -0.39 is 11.9 Å². The van der Waals surface area contributed by atoms with Crippen molar-refractivity contribution in [2.75, 3.05) is 12.5 Å². The molecule has 1 aromatic carbocycles. The molecule has 0 bridgehead atoms. The third-order valence-electron chi connectivity index (χ3n) is 4.69. The summed E-state index contributed by atoms with van der Waals surface area (Å²) in [5.41, 5.74) is 8.39. The Bertz CT molecular complexity index is 1090. The lowest BCUT2D eigenvalue weighted by molar-refractivity contribution is -0.139. The van der Waals surface area contributed by atoms with Crippen molar-refractivity contribution in [2.45, 2.75) is 26.2 Å². The molecule has 0 aliphatic carbocycles. The number of hydrogen-bond donors (Lipinski definition) is 1. The zero-order chi connectivity index (χ0) is 21.1. The summed E-state index contributed by atoms with van der Waals surface area (Å²) < 4.78 is 10.6. The quantitative estimate of drug-likeness (QED) is 0.430. The average Bonchev–Trinajstić information content (AvgIpc) is 2.72. The van der Waals surface area contributed by atoms with Gasteiger partial charge in [0.15, 0.2) is 0 Å². The number of ether oxygens (including phenoxy) is 2. The molecule has 1 atom stereocenters. The van der Waals surface area contributed by atoms with Crippen molar-refractivity contribution in [3.05, 3.63) is 63.3 Å². The predicted octanol–water partition coefficient (Wildman–Crippen LogP) is 4.31. The van der Waals surface area contributed by atoms with E-state index in [4.69, 9.17) is 38.4 Å². The Labute approximate surface area is 178 Å². The molecule has 1 aromatic heterocycles. The van der Waals surface area contributed by atoms with Crippen molar-refractivity contribution in [2.24, 2.45) is 5.73 Å². The zero-order valence-electron chi connectivity index (χ0n) is 16.0. The monoisotopic (exact) mass is 431 g/mol. The van der Waals surface area contributed by atoms with Gasteiger partial charge < -0.3 is 15.2 Å². The first-order chi connectivity index (χ1) is 13.9. The van der Waals surface area contributed by atoms with Crippen molar-refractivity contribution in [3.63, 3.8) is 0 Å². The number of halogens is 2. The highest BCUT2D eigenvalue weighted by Gasteiger charge is 2.38. The van der Waals surface area contributed by atoms with Crippen LogP contribution in [0.1, 0.15) is 30.9 Å². The molecular formula is C21H19Cl2N3O3. The Morgan fingerprint density at radius 3 is 2.76 bits per heavy atom. The first-order valence-electron chi connectivity index (χ1n) is 9.07. The van der Waals surface area contributed by atoms with Gasteiger partial charge in [-0.05, 0) is 37.1 Å². The van der Waals surface area contributed by atoms with E-state index >= 15 is 0 Å². The van der Waals surface area contributed by atoms with Crippen LogP contribution in [0.5, 0.6) is 0 Å². The van der Waals surface area contributed by atoms with Crippen molar-refractivity contribution < 1.29 is 14.3 Å². The molecule has 0 spiro atoms. The summed E-state index contributed by atoms with van der Waals surface area (Å²) in [4.78, 5) is 17.2. The number of fused-ring (bicyclic) bond motifs is 1. The number of esters is 1. The third-order valence-corrected chi connectivity index (χ3v) is 5.24. The zero-order valence-corrected chi connectivity index (χ0v) is 17.5. The molecule has 0 unspecified atom stereocenters. The van der Waals surface area contributed by atoms with Gasteiger partial charge in [-0.15, -0.1) is 11.6 Å². The standard InChI is InChI=1S/C21H19Cl2N3O3/c1-3-11-5-6-15-12(7-11)8-13(19(23)26-15)17-14(10-24)20(25)29-16(9-22)18(17)21(27)28-4-2/h5-8,17H,3-4,9,25H2,1-2H3/t17-/m0/s1. The van der Waals surface area contributed by atoms with E-state index in [1.165, 1.54) is 0 Å². The Kier molecular flexibility index (Phi) is 6.31. The summed E-state index contributed by atoms with van der Waals surface area (Å²) in [6.07, 6.45) is 0.853. The lowest BCUT2D eigenvalue weighted by atomic mass is 9.83. The van der Waals surface area contributed by atoms with E-state index in [1.807, 2.05) is 30.3 Å². The second-order valence-electron chi connectivity index (χ2n) is 6.36. The molecule has 8 heteroatoms. The Hall–Kier alpha value is -2.75. The van der Waals surface area contributed by atoms with Gasteiger partial charge in [0.05, 0.1) is 29.5 Å². The van der Waals surface area contributed by atoms with E-state index in [2.05, 4.69) is 11.9 Å². The van der Waals surface area contributed by atoms with Crippen molar-refractivity contribution >= 4 is 40.1 Å². The predicted molar refractivity (Wildman–Crippen MR) is 111 cm³/mol. The van der Waals surface area contributed by atoms with Crippen LogP contribution in [0.3, 0.4) is 0 Å². The fourth-order valence-corrected chi connectivity index (χ4v) is 3.76. The van der Waals surface area contributed by atoms with E-state index in [0.717, 1.165) is 17.4 Å². The van der Waals surface area contributed by atoms with Crippen molar-refractivity contribution in [3.8, 4) is 6.07 Å². The maximum absolute atomic E-state index is 12.7. The van der Waals surface area contributed by atoms with Gasteiger partial charge in [-0.2, -0.15) is 5.26 Å². The van der Waals surface area contributed by atoms with Gasteiger partial charge in [0, 0.05) is 10.9 Å². The van der Waals surface area contributed by atoms with Crippen LogP contribution in [0.2, 0.25) is 5.15 Å². The summed E-state index contributed by atoms with van der Waals surface area (Å²) in [5, 5.41) is 10.7. The minimum absolute atomic E-state index is 0.0524. The molecule has 0 radical (unpaired) electrons. The number of allylic oxidation sites excluding steroid dienone is 2. The molecule has 2 aromatic rings. The largest absolute Gasteiger partial charge is 0.463 e. The number of nitrogens with two attached hydrogens (primary N) is 1. The van der Waals surface area contributed by atoms with Gasteiger partial charge in [0.25, 0.3) is 0 Å². The molecule has 1 aliphatic heterocycles. The second kappa shape index (κ2) is 8.73. The maximum atomic E-state index is 12.7. The van der Waals surface area contributed by atoms with Gasteiger partial charge in [-0.3, -0.25) is 0 Å². The van der Waals surface area contributed by atoms with Gasteiger partial charge >= 0.3 is 5.97 Å². The summed E-state index contributed by atoms with van der Waals surface area (Å²) in [6, 6.07) is 9.71. The highest BCUT2D eigenvalue weighted by molar-refractivity contribution is 6.31. The Morgan fingerprint density at radius 2 is 2.14 bits per heavy atom. The molecule has 0 amide bonds. The van der Waals surface area contributed by atoms with Crippen LogP contribution in [0.4, 0.5) is 0 Å². The fraction of sp³-hybridized carbons (Fsp3) is 0.286. The van der Waals surface area contributed by atoms with Crippen LogP contribution >= 0.6 is 23.2 Å². The number of carbonyl (C=O) groups is 1. The number of alkyl halides is 1. The number of aryl methyl sites for hydroxylation is 1. The maximum Gasteiger partial charge on any atom is 0.338 e. The smallest absolute Gasteiger partial charge is 0.338 e. The SMILES string of the molecule is CCOC(=O)C1=C(CCl)OC(N)=C(C#N)[C@@H]1c1cc2cc(CC)ccc2nc1Cl. The van der Waals surface area contributed by atoms with Crippen LogP contribution < -0.4 is 5.73 Å². The molecule has 1 aliphatic rings. The van der Waals surface area contributed by atoms with Crippen LogP contribution in [0, 0.1) is 11.3 Å². The average molecular weight is 432 g/mol. The van der Waals surface area contributed by atoms with Crippen LogP contribution in [0.15, 0.2) is 47.1 Å². The number of nitriles is 1. The molecule has 6 nitrogen and oxygen atoms in total. The highest BCUT2D eigenvalue weighted by atomic mass is 35.5. The summed E-state index contributed by atoms with van der Waals surface area (Å²) in [5.74, 6) is -1.66. The topological polar surface area (TPSA) is 98.2 Å². The third kappa shape index (κ3) is 3.89. The molecule has 0 saturated heterocycles. The number of aromatic nitrogens is 1. The molecule has 150 valence electrons. The molecule has 0 fully saturated rings. The molecule has 2 heterocycles. The number of nitrogens with zero attached hydrogens (tertiary/aromatic N) is 2. The fourth-order valence-electron chi connectivity index (χ4n) is 3.30. The molecule has 29 heavy (non-hydrogen) atoms. The Balaban J connectivity index is 2.29. The minimum atomic E-state index is -0.892. The molecule has 0 saturated carbocycles.